The number of hydrogen-bond donors (Lipinski definition) is 1. The van der Waals surface area contributed by atoms with Crippen molar-refractivity contribution in [2.24, 2.45) is 0 Å². The van der Waals surface area contributed by atoms with Gasteiger partial charge in [0.05, 0.1) is 12.7 Å². The van der Waals surface area contributed by atoms with Gasteiger partial charge in [-0.05, 0) is 23.3 Å². The first-order valence-corrected chi connectivity index (χ1v) is 10.1. The first kappa shape index (κ1) is 17.3. The highest BCUT2D eigenvalue weighted by atomic mass is 32.2. The van der Waals surface area contributed by atoms with Gasteiger partial charge in [0.25, 0.3) is 10.0 Å². The third-order valence-electron chi connectivity index (χ3n) is 4.34. The maximum atomic E-state index is 12.5. The molecule has 0 atom stereocenters. The van der Waals surface area contributed by atoms with E-state index in [1.165, 1.54) is 12.4 Å². The van der Waals surface area contributed by atoms with Gasteiger partial charge in [0.1, 0.15) is 4.90 Å². The van der Waals surface area contributed by atoms with Crippen LogP contribution in [-0.2, 0) is 23.1 Å². The molecule has 0 unspecified atom stereocenters. The molecule has 0 saturated carbocycles. The second-order valence-electron chi connectivity index (χ2n) is 6.17. The molecule has 8 heteroatoms. The zero-order chi connectivity index (χ0) is 18.9. The van der Waals surface area contributed by atoms with Gasteiger partial charge < -0.3 is 0 Å². The Kier molecular flexibility index (Phi) is 4.41. The summed E-state index contributed by atoms with van der Waals surface area (Å²) in [6.45, 7) is 3.05. The molecule has 4 rings (SSSR count). The molecule has 2 aromatic carbocycles. The summed E-state index contributed by atoms with van der Waals surface area (Å²) in [4.78, 5) is 0.118. The molecule has 0 radical (unpaired) electrons. The molecule has 0 spiro atoms. The molecule has 0 fully saturated rings. The number of fused-ring (bicyclic) bond motifs is 1. The van der Waals surface area contributed by atoms with Crippen LogP contribution in [-0.4, -0.2) is 28.0 Å². The Balaban J connectivity index is 1.55. The molecule has 0 bridgehead atoms. The second kappa shape index (κ2) is 6.88. The Morgan fingerprint density at radius 3 is 2.67 bits per heavy atom. The molecule has 0 saturated heterocycles. The van der Waals surface area contributed by atoms with Crippen LogP contribution in [0.4, 0.5) is 5.82 Å². The number of benzene rings is 2. The summed E-state index contributed by atoms with van der Waals surface area (Å²) >= 11 is 0. The van der Waals surface area contributed by atoms with Gasteiger partial charge in [0.2, 0.25) is 0 Å². The number of nitrogens with one attached hydrogen (secondary N) is 1. The predicted molar refractivity (Wildman–Crippen MR) is 104 cm³/mol. The minimum atomic E-state index is -3.71. The topological polar surface area (TPSA) is 81.8 Å². The molecule has 0 aliphatic carbocycles. The van der Waals surface area contributed by atoms with Crippen LogP contribution in [0.3, 0.4) is 0 Å². The standard InChI is InChI=1S/C19H19N5O2S/c1-2-23-14-17(12-20-23)27(25,26)22-19-10-11-24(21-19)13-16-8-5-7-15-6-3-4-9-18(15)16/h3-12,14H,2,13H2,1H3,(H,21,22). The fraction of sp³-hybridized carbons (Fsp3) is 0.158. The van der Waals surface area contributed by atoms with Crippen LogP contribution in [0.2, 0.25) is 0 Å². The van der Waals surface area contributed by atoms with E-state index in [9.17, 15) is 8.42 Å². The first-order chi connectivity index (χ1) is 13.0. The number of aryl methyl sites for hydroxylation is 1. The number of hydrogen-bond acceptors (Lipinski definition) is 4. The van der Waals surface area contributed by atoms with E-state index in [4.69, 9.17) is 0 Å². The van der Waals surface area contributed by atoms with E-state index < -0.39 is 10.0 Å². The van der Waals surface area contributed by atoms with Crippen molar-refractivity contribution >= 4 is 26.6 Å². The van der Waals surface area contributed by atoms with Crippen molar-refractivity contribution < 1.29 is 8.42 Å². The van der Waals surface area contributed by atoms with Gasteiger partial charge >= 0.3 is 0 Å². The second-order valence-corrected chi connectivity index (χ2v) is 7.86. The van der Waals surface area contributed by atoms with Gasteiger partial charge in [-0.15, -0.1) is 0 Å². The zero-order valence-corrected chi connectivity index (χ0v) is 15.6. The largest absolute Gasteiger partial charge is 0.272 e. The molecular formula is C19H19N5O2S. The lowest BCUT2D eigenvalue weighted by atomic mass is 10.0. The average molecular weight is 381 g/mol. The molecule has 2 aromatic heterocycles. The molecule has 1 N–H and O–H groups in total. The Labute approximate surface area is 157 Å². The predicted octanol–water partition coefficient (Wildman–Crippen LogP) is 3.10. The van der Waals surface area contributed by atoms with Crippen LogP contribution < -0.4 is 4.72 Å². The molecule has 0 amide bonds. The van der Waals surface area contributed by atoms with Crippen LogP contribution >= 0.6 is 0 Å². The highest BCUT2D eigenvalue weighted by Gasteiger charge is 2.17. The van der Waals surface area contributed by atoms with E-state index in [1.807, 2.05) is 31.2 Å². The van der Waals surface area contributed by atoms with E-state index in [2.05, 4.69) is 33.1 Å². The van der Waals surface area contributed by atoms with Crippen LogP contribution in [0.25, 0.3) is 10.8 Å². The van der Waals surface area contributed by atoms with Gasteiger partial charge in [0.15, 0.2) is 5.82 Å². The molecule has 0 aliphatic heterocycles. The Hall–Kier alpha value is -3.13. The van der Waals surface area contributed by atoms with Crippen LogP contribution in [0, 0.1) is 0 Å². The number of sulfonamides is 1. The van der Waals surface area contributed by atoms with Crippen molar-refractivity contribution in [1.29, 1.82) is 0 Å². The van der Waals surface area contributed by atoms with Crippen molar-refractivity contribution in [3.05, 3.63) is 72.7 Å². The summed E-state index contributed by atoms with van der Waals surface area (Å²) in [7, 11) is -3.71. The van der Waals surface area contributed by atoms with E-state index >= 15 is 0 Å². The van der Waals surface area contributed by atoms with E-state index in [1.54, 1.807) is 21.6 Å². The third kappa shape index (κ3) is 3.56. The Morgan fingerprint density at radius 1 is 1.04 bits per heavy atom. The lowest BCUT2D eigenvalue weighted by molar-refractivity contribution is 0.600. The van der Waals surface area contributed by atoms with E-state index in [-0.39, 0.29) is 10.7 Å². The number of rotatable bonds is 6. The SMILES string of the molecule is CCn1cc(S(=O)(=O)Nc2ccn(Cc3cccc4ccccc34)n2)cn1. The van der Waals surface area contributed by atoms with Crippen molar-refractivity contribution in [3.8, 4) is 0 Å². The molecule has 138 valence electrons. The monoisotopic (exact) mass is 381 g/mol. The highest BCUT2D eigenvalue weighted by Crippen LogP contribution is 2.20. The number of anilines is 1. The Morgan fingerprint density at radius 2 is 1.85 bits per heavy atom. The zero-order valence-electron chi connectivity index (χ0n) is 14.8. The van der Waals surface area contributed by atoms with Gasteiger partial charge in [-0.3, -0.25) is 14.1 Å². The third-order valence-corrected chi connectivity index (χ3v) is 5.65. The molecule has 2 heterocycles. The number of aromatic nitrogens is 4. The van der Waals surface area contributed by atoms with E-state index in [0.717, 1.165) is 16.3 Å². The average Bonchev–Trinajstić information content (AvgIpc) is 3.31. The first-order valence-electron chi connectivity index (χ1n) is 8.60. The van der Waals surface area contributed by atoms with E-state index in [0.29, 0.717) is 13.1 Å². The summed E-state index contributed by atoms with van der Waals surface area (Å²) in [6.07, 6.45) is 4.59. The normalized spacial score (nSPS) is 11.7. The maximum Gasteiger partial charge on any atom is 0.266 e. The minimum Gasteiger partial charge on any atom is -0.272 e. The van der Waals surface area contributed by atoms with Crippen LogP contribution in [0.5, 0.6) is 0 Å². The Bertz CT molecular complexity index is 1190. The fourth-order valence-electron chi connectivity index (χ4n) is 2.96. The number of nitrogens with zero attached hydrogens (tertiary/aromatic N) is 4. The fourth-order valence-corrected chi connectivity index (χ4v) is 3.91. The summed E-state index contributed by atoms with van der Waals surface area (Å²) < 4.78 is 30.7. The van der Waals surface area contributed by atoms with Gasteiger partial charge in [-0.2, -0.15) is 10.2 Å². The van der Waals surface area contributed by atoms with Crippen LogP contribution in [0.15, 0.2) is 72.0 Å². The van der Waals surface area contributed by atoms with Crippen molar-refractivity contribution in [2.75, 3.05) is 4.72 Å². The lowest BCUT2D eigenvalue weighted by Crippen LogP contribution is -2.13. The molecule has 7 nitrogen and oxygen atoms in total. The smallest absolute Gasteiger partial charge is 0.266 e. The lowest BCUT2D eigenvalue weighted by Gasteiger charge is -2.07. The molecule has 0 aliphatic rings. The van der Waals surface area contributed by atoms with Crippen molar-refractivity contribution in [1.82, 2.24) is 19.6 Å². The maximum absolute atomic E-state index is 12.5. The summed E-state index contributed by atoms with van der Waals surface area (Å²) in [5.74, 6) is 0.277. The highest BCUT2D eigenvalue weighted by molar-refractivity contribution is 7.92. The molecule has 4 aromatic rings. The van der Waals surface area contributed by atoms with Crippen LogP contribution in [0.1, 0.15) is 12.5 Å². The summed E-state index contributed by atoms with van der Waals surface area (Å²) in [5, 5.41) is 10.7. The molecule has 27 heavy (non-hydrogen) atoms. The van der Waals surface area contributed by atoms with Gasteiger partial charge in [-0.1, -0.05) is 42.5 Å². The summed E-state index contributed by atoms with van der Waals surface area (Å²) in [5.41, 5.74) is 1.12. The minimum absolute atomic E-state index is 0.118. The van der Waals surface area contributed by atoms with Crippen molar-refractivity contribution in [2.45, 2.75) is 24.9 Å². The van der Waals surface area contributed by atoms with Crippen molar-refractivity contribution in [3.63, 3.8) is 0 Å². The quantitative estimate of drug-likeness (QED) is 0.556. The summed E-state index contributed by atoms with van der Waals surface area (Å²) in [6, 6.07) is 15.9. The van der Waals surface area contributed by atoms with Gasteiger partial charge in [-0.25, -0.2) is 8.42 Å². The van der Waals surface area contributed by atoms with Gasteiger partial charge in [0, 0.05) is 25.0 Å². The molecular weight excluding hydrogens is 362 g/mol.